The number of hydrogen-bond donors (Lipinski definition) is 3. The highest BCUT2D eigenvalue weighted by molar-refractivity contribution is 5.76. The van der Waals surface area contributed by atoms with Crippen molar-refractivity contribution in [3.63, 3.8) is 0 Å². The fourth-order valence-corrected chi connectivity index (χ4v) is 1.78. The highest BCUT2D eigenvalue weighted by Gasteiger charge is 2.16. The zero-order valence-corrected chi connectivity index (χ0v) is 11.3. The second-order valence-corrected chi connectivity index (χ2v) is 4.29. The van der Waals surface area contributed by atoms with Crippen LogP contribution in [0.4, 0.5) is 0 Å². The van der Waals surface area contributed by atoms with E-state index in [1.807, 2.05) is 26.0 Å². The molecule has 0 saturated carbocycles. The maximum absolute atomic E-state index is 11.5. The summed E-state index contributed by atoms with van der Waals surface area (Å²) < 4.78 is 5.32. The van der Waals surface area contributed by atoms with Crippen LogP contribution in [0.5, 0.6) is 5.75 Å². The molecule has 0 aliphatic rings. The first-order chi connectivity index (χ1) is 8.49. The first-order valence-corrected chi connectivity index (χ1v) is 5.86. The van der Waals surface area contributed by atoms with E-state index in [-0.39, 0.29) is 18.4 Å². The van der Waals surface area contributed by atoms with Gasteiger partial charge in [-0.25, -0.2) is 5.43 Å². The van der Waals surface area contributed by atoms with E-state index in [1.165, 1.54) is 0 Å². The Kier molecular flexibility index (Phi) is 5.12. The summed E-state index contributed by atoms with van der Waals surface area (Å²) in [6.45, 7) is 4.03. The van der Waals surface area contributed by atoms with Crippen LogP contribution in [0.2, 0.25) is 0 Å². The Hall–Kier alpha value is -1.59. The monoisotopic (exact) mass is 251 g/mol. The minimum Gasteiger partial charge on any atom is -0.496 e. The van der Waals surface area contributed by atoms with E-state index in [2.05, 4.69) is 10.9 Å². The van der Waals surface area contributed by atoms with Gasteiger partial charge >= 0.3 is 0 Å². The summed E-state index contributed by atoms with van der Waals surface area (Å²) in [4.78, 5) is 11.5. The maximum atomic E-state index is 11.5. The molecule has 0 aliphatic heterocycles. The number of methoxy groups -OCH3 is 1. The number of benzene rings is 1. The van der Waals surface area contributed by atoms with Crippen LogP contribution >= 0.6 is 0 Å². The molecule has 0 aromatic heterocycles. The van der Waals surface area contributed by atoms with Crippen LogP contribution in [-0.4, -0.2) is 20.1 Å². The van der Waals surface area contributed by atoms with Crippen LogP contribution in [0, 0.1) is 13.8 Å². The fourth-order valence-electron chi connectivity index (χ4n) is 1.78. The predicted octanol–water partition coefficient (Wildman–Crippen LogP) is 0.953. The average molecular weight is 251 g/mol. The molecule has 1 aromatic rings. The molecular weight excluding hydrogens is 230 g/mol. The van der Waals surface area contributed by atoms with Crippen molar-refractivity contribution in [2.45, 2.75) is 26.3 Å². The van der Waals surface area contributed by atoms with Gasteiger partial charge in [0.1, 0.15) is 5.75 Å². The molecule has 5 nitrogen and oxygen atoms in total. The normalized spacial score (nSPS) is 12.1. The Morgan fingerprint density at radius 2 is 2.00 bits per heavy atom. The molecule has 1 rings (SSSR count). The van der Waals surface area contributed by atoms with Gasteiger partial charge in [-0.2, -0.15) is 0 Å². The molecule has 0 bridgehead atoms. The Morgan fingerprint density at radius 1 is 1.39 bits per heavy atom. The smallest absolute Gasteiger partial charge is 0.235 e. The van der Waals surface area contributed by atoms with E-state index in [4.69, 9.17) is 10.5 Å². The molecule has 0 radical (unpaired) electrons. The molecule has 0 fully saturated rings. The molecule has 100 valence electrons. The van der Waals surface area contributed by atoms with Crippen molar-refractivity contribution in [1.82, 2.24) is 10.9 Å². The molecule has 0 heterocycles. The SMILES string of the molecule is CNNC(=O)CC(N)c1cc(C)c(C)cc1OC. The molecule has 1 atom stereocenters. The number of nitrogens with one attached hydrogen (secondary N) is 2. The topological polar surface area (TPSA) is 76.4 Å². The molecule has 18 heavy (non-hydrogen) atoms. The number of rotatable bonds is 5. The fraction of sp³-hybridized carbons (Fsp3) is 0.462. The summed E-state index contributed by atoms with van der Waals surface area (Å²) in [6, 6.07) is 3.54. The number of hydrogen-bond acceptors (Lipinski definition) is 4. The Morgan fingerprint density at radius 3 is 2.56 bits per heavy atom. The quantitative estimate of drug-likeness (QED) is 0.681. The van der Waals surface area contributed by atoms with Gasteiger partial charge in [-0.05, 0) is 31.0 Å². The lowest BCUT2D eigenvalue weighted by Crippen LogP contribution is -2.36. The van der Waals surface area contributed by atoms with Gasteiger partial charge in [0.05, 0.1) is 7.11 Å². The van der Waals surface area contributed by atoms with Crippen LogP contribution in [0.3, 0.4) is 0 Å². The first kappa shape index (κ1) is 14.5. The number of amides is 1. The molecule has 5 heteroatoms. The summed E-state index contributed by atoms with van der Waals surface area (Å²) in [7, 11) is 3.24. The van der Waals surface area contributed by atoms with Gasteiger partial charge in [0, 0.05) is 25.1 Å². The van der Waals surface area contributed by atoms with Crippen molar-refractivity contribution in [2.75, 3.05) is 14.2 Å². The molecule has 1 unspecified atom stereocenters. The summed E-state index contributed by atoms with van der Waals surface area (Å²) in [6.07, 6.45) is 0.208. The number of carbonyl (C=O) groups is 1. The van der Waals surface area contributed by atoms with Crippen molar-refractivity contribution in [3.05, 3.63) is 28.8 Å². The first-order valence-electron chi connectivity index (χ1n) is 5.86. The van der Waals surface area contributed by atoms with Gasteiger partial charge < -0.3 is 10.5 Å². The summed E-state index contributed by atoms with van der Waals surface area (Å²) in [5.41, 5.74) is 14.3. The maximum Gasteiger partial charge on any atom is 0.235 e. The minimum atomic E-state index is -0.382. The predicted molar refractivity (Wildman–Crippen MR) is 71.2 cm³/mol. The number of aryl methyl sites for hydroxylation is 2. The van der Waals surface area contributed by atoms with Gasteiger partial charge in [-0.3, -0.25) is 10.2 Å². The van der Waals surface area contributed by atoms with Crippen molar-refractivity contribution in [1.29, 1.82) is 0 Å². The molecule has 4 N–H and O–H groups in total. The van der Waals surface area contributed by atoms with Gasteiger partial charge in [0.25, 0.3) is 0 Å². The van der Waals surface area contributed by atoms with E-state index >= 15 is 0 Å². The lowest BCUT2D eigenvalue weighted by atomic mass is 9.98. The molecule has 0 saturated heterocycles. The number of nitrogens with two attached hydrogens (primary N) is 1. The van der Waals surface area contributed by atoms with Crippen molar-refractivity contribution < 1.29 is 9.53 Å². The molecule has 0 spiro atoms. The molecule has 0 aliphatic carbocycles. The van der Waals surface area contributed by atoms with Crippen LogP contribution in [-0.2, 0) is 4.79 Å². The summed E-state index contributed by atoms with van der Waals surface area (Å²) in [5.74, 6) is 0.577. The third-order valence-electron chi connectivity index (χ3n) is 2.92. The third-order valence-corrected chi connectivity index (χ3v) is 2.92. The highest BCUT2D eigenvalue weighted by atomic mass is 16.5. The Bertz CT molecular complexity index is 432. The van der Waals surface area contributed by atoms with Gasteiger partial charge in [0.15, 0.2) is 0 Å². The zero-order chi connectivity index (χ0) is 13.7. The minimum absolute atomic E-state index is 0.148. The van der Waals surface area contributed by atoms with Crippen molar-refractivity contribution in [3.8, 4) is 5.75 Å². The second kappa shape index (κ2) is 6.37. The lowest BCUT2D eigenvalue weighted by molar-refractivity contribution is -0.122. The van der Waals surface area contributed by atoms with E-state index < -0.39 is 0 Å². The van der Waals surface area contributed by atoms with E-state index in [1.54, 1.807) is 14.2 Å². The van der Waals surface area contributed by atoms with Gasteiger partial charge in [-0.15, -0.1) is 0 Å². The van der Waals surface area contributed by atoms with Crippen molar-refractivity contribution in [2.24, 2.45) is 5.73 Å². The van der Waals surface area contributed by atoms with E-state index in [0.717, 1.165) is 22.4 Å². The zero-order valence-electron chi connectivity index (χ0n) is 11.3. The van der Waals surface area contributed by atoms with Crippen molar-refractivity contribution >= 4 is 5.91 Å². The Balaban J connectivity index is 2.93. The number of carbonyl (C=O) groups excluding carboxylic acids is 1. The van der Waals surface area contributed by atoms with E-state index in [0.29, 0.717) is 0 Å². The van der Waals surface area contributed by atoms with E-state index in [9.17, 15) is 4.79 Å². The third kappa shape index (κ3) is 3.45. The standard InChI is InChI=1S/C13H21N3O2/c1-8-5-10(12(18-4)6-9(8)2)11(14)7-13(17)16-15-3/h5-6,11,15H,7,14H2,1-4H3,(H,16,17). The molecular formula is C13H21N3O2. The van der Waals surface area contributed by atoms with Crippen LogP contribution in [0.1, 0.15) is 29.2 Å². The largest absolute Gasteiger partial charge is 0.496 e. The number of hydrazine groups is 1. The molecule has 1 amide bonds. The second-order valence-electron chi connectivity index (χ2n) is 4.29. The van der Waals surface area contributed by atoms with Crippen LogP contribution in [0.15, 0.2) is 12.1 Å². The lowest BCUT2D eigenvalue weighted by Gasteiger charge is -2.17. The Labute approximate surface area is 108 Å². The summed E-state index contributed by atoms with van der Waals surface area (Å²) >= 11 is 0. The average Bonchev–Trinajstić information content (AvgIpc) is 2.32. The summed E-state index contributed by atoms with van der Waals surface area (Å²) in [5, 5.41) is 0. The van der Waals surface area contributed by atoms with Crippen LogP contribution < -0.4 is 21.3 Å². The van der Waals surface area contributed by atoms with Gasteiger partial charge in [-0.1, -0.05) is 6.07 Å². The van der Waals surface area contributed by atoms with Gasteiger partial charge in [0.2, 0.25) is 5.91 Å². The number of ether oxygens (including phenoxy) is 1. The van der Waals surface area contributed by atoms with Crippen LogP contribution in [0.25, 0.3) is 0 Å². The molecule has 1 aromatic carbocycles. The highest BCUT2D eigenvalue weighted by Crippen LogP contribution is 2.28.